The average molecular weight is 255 g/mol. The number of carbonyl (C=O) groups excluding carboxylic acids is 1. The maximum Gasteiger partial charge on any atom is 0.222 e. The van der Waals surface area contributed by atoms with Crippen LogP contribution in [0.25, 0.3) is 11.0 Å². The molecule has 0 bridgehead atoms. The maximum absolute atomic E-state index is 11.6. The summed E-state index contributed by atoms with van der Waals surface area (Å²) in [5.74, 6) is 3.39. The van der Waals surface area contributed by atoms with Gasteiger partial charge >= 0.3 is 0 Å². The van der Waals surface area contributed by atoms with Crippen molar-refractivity contribution in [2.24, 2.45) is 5.92 Å². The minimum Gasteiger partial charge on any atom is -0.349 e. The quantitative estimate of drug-likeness (QED) is 0.849. The van der Waals surface area contributed by atoms with Crippen molar-refractivity contribution < 1.29 is 4.79 Å². The first-order valence-electron chi connectivity index (χ1n) is 6.28. The number of hydrogen-bond donors (Lipinski definition) is 1. The second kappa shape index (κ2) is 5.57. The lowest BCUT2D eigenvalue weighted by atomic mass is 10.2. The molecule has 0 spiro atoms. The molecule has 98 valence electrons. The monoisotopic (exact) mass is 255 g/mol. The SMILES string of the molecule is C#CCn1c(CNC(=O)C(C)C)nc2ccccc21. The standard InChI is InChI=1S/C15H17N3O/c1-4-9-18-13-8-6-5-7-12(13)17-14(18)10-16-15(19)11(2)3/h1,5-8,11H,9-10H2,2-3H3,(H,16,19). The van der Waals surface area contributed by atoms with Crippen LogP contribution in [0.1, 0.15) is 19.7 Å². The first-order valence-corrected chi connectivity index (χ1v) is 6.28. The van der Waals surface area contributed by atoms with Gasteiger partial charge in [0, 0.05) is 5.92 Å². The van der Waals surface area contributed by atoms with E-state index < -0.39 is 0 Å². The first kappa shape index (κ1) is 13.2. The van der Waals surface area contributed by atoms with Crippen LogP contribution >= 0.6 is 0 Å². The lowest BCUT2D eigenvalue weighted by molar-refractivity contribution is -0.124. The summed E-state index contributed by atoms with van der Waals surface area (Å²) < 4.78 is 1.95. The van der Waals surface area contributed by atoms with Gasteiger partial charge in [-0.15, -0.1) is 6.42 Å². The van der Waals surface area contributed by atoms with E-state index in [0.29, 0.717) is 13.1 Å². The van der Waals surface area contributed by atoms with E-state index >= 15 is 0 Å². The molecule has 1 N–H and O–H groups in total. The van der Waals surface area contributed by atoms with Gasteiger partial charge in [0.2, 0.25) is 5.91 Å². The van der Waals surface area contributed by atoms with Crippen LogP contribution in [-0.4, -0.2) is 15.5 Å². The zero-order valence-electron chi connectivity index (χ0n) is 11.2. The summed E-state index contributed by atoms with van der Waals surface area (Å²) in [6.45, 7) is 4.57. The van der Waals surface area contributed by atoms with E-state index in [1.54, 1.807) is 0 Å². The molecule has 1 amide bonds. The second-order valence-corrected chi connectivity index (χ2v) is 4.68. The van der Waals surface area contributed by atoms with E-state index in [2.05, 4.69) is 16.2 Å². The maximum atomic E-state index is 11.6. The summed E-state index contributed by atoms with van der Waals surface area (Å²) in [7, 11) is 0. The Morgan fingerprint density at radius 3 is 2.89 bits per heavy atom. The van der Waals surface area contributed by atoms with Crippen LogP contribution in [0.2, 0.25) is 0 Å². The van der Waals surface area contributed by atoms with Crippen molar-refractivity contribution in [3.63, 3.8) is 0 Å². The van der Waals surface area contributed by atoms with Crippen LogP contribution in [0.5, 0.6) is 0 Å². The molecule has 1 aromatic carbocycles. The Labute approximate surface area is 112 Å². The minimum atomic E-state index is -0.0366. The van der Waals surface area contributed by atoms with Crippen LogP contribution in [0.15, 0.2) is 24.3 Å². The first-order chi connectivity index (χ1) is 9.13. The number of nitrogens with zero attached hydrogens (tertiary/aromatic N) is 2. The summed E-state index contributed by atoms with van der Waals surface area (Å²) in [5, 5.41) is 2.87. The number of carbonyl (C=O) groups is 1. The van der Waals surface area contributed by atoms with Crippen LogP contribution in [0, 0.1) is 18.3 Å². The number of rotatable bonds is 4. The van der Waals surface area contributed by atoms with E-state index in [0.717, 1.165) is 16.9 Å². The summed E-state index contributed by atoms with van der Waals surface area (Å²) in [6, 6.07) is 7.81. The van der Waals surface area contributed by atoms with E-state index in [4.69, 9.17) is 6.42 Å². The molecular formula is C15H17N3O. The molecule has 0 radical (unpaired) electrons. The Morgan fingerprint density at radius 1 is 1.47 bits per heavy atom. The molecule has 0 saturated carbocycles. The Morgan fingerprint density at radius 2 is 2.21 bits per heavy atom. The highest BCUT2D eigenvalue weighted by molar-refractivity contribution is 5.78. The van der Waals surface area contributed by atoms with Gasteiger partial charge in [0.05, 0.1) is 24.1 Å². The molecule has 0 atom stereocenters. The third kappa shape index (κ3) is 2.76. The summed E-state index contributed by atoms with van der Waals surface area (Å²) >= 11 is 0. The van der Waals surface area contributed by atoms with E-state index in [-0.39, 0.29) is 11.8 Å². The number of benzene rings is 1. The fraction of sp³-hybridized carbons (Fsp3) is 0.333. The van der Waals surface area contributed by atoms with Crippen molar-refractivity contribution in [3.05, 3.63) is 30.1 Å². The van der Waals surface area contributed by atoms with Gasteiger partial charge in [-0.05, 0) is 12.1 Å². The van der Waals surface area contributed by atoms with Crippen molar-refractivity contribution in [3.8, 4) is 12.3 Å². The number of aromatic nitrogens is 2. The molecule has 0 aliphatic carbocycles. The lowest BCUT2D eigenvalue weighted by Crippen LogP contribution is -2.28. The van der Waals surface area contributed by atoms with Gasteiger partial charge in [-0.1, -0.05) is 31.9 Å². The second-order valence-electron chi connectivity index (χ2n) is 4.68. The predicted molar refractivity (Wildman–Crippen MR) is 75.3 cm³/mol. The van der Waals surface area contributed by atoms with Crippen molar-refractivity contribution >= 4 is 16.9 Å². The zero-order chi connectivity index (χ0) is 13.8. The summed E-state index contributed by atoms with van der Waals surface area (Å²) in [6.07, 6.45) is 5.40. The molecule has 0 fully saturated rings. The van der Waals surface area contributed by atoms with Crippen molar-refractivity contribution in [2.75, 3.05) is 0 Å². The molecule has 0 aliphatic rings. The van der Waals surface area contributed by atoms with Gasteiger partial charge < -0.3 is 9.88 Å². The number of imidazole rings is 1. The molecular weight excluding hydrogens is 238 g/mol. The average Bonchev–Trinajstić information content (AvgIpc) is 2.75. The van der Waals surface area contributed by atoms with Gasteiger partial charge in [-0.3, -0.25) is 4.79 Å². The van der Waals surface area contributed by atoms with Crippen molar-refractivity contribution in [1.82, 2.24) is 14.9 Å². The number of fused-ring (bicyclic) bond motifs is 1. The Kier molecular flexibility index (Phi) is 3.86. The van der Waals surface area contributed by atoms with Crippen molar-refractivity contribution in [1.29, 1.82) is 0 Å². The minimum absolute atomic E-state index is 0.0133. The molecule has 1 aromatic heterocycles. The summed E-state index contributed by atoms with van der Waals surface area (Å²) in [4.78, 5) is 16.1. The lowest BCUT2D eigenvalue weighted by Gasteiger charge is -2.08. The van der Waals surface area contributed by atoms with Gasteiger partial charge in [0.1, 0.15) is 5.82 Å². The number of para-hydroxylation sites is 2. The molecule has 1 heterocycles. The third-order valence-corrected chi connectivity index (χ3v) is 2.93. The molecule has 19 heavy (non-hydrogen) atoms. The highest BCUT2D eigenvalue weighted by atomic mass is 16.1. The van der Waals surface area contributed by atoms with Crippen LogP contribution < -0.4 is 5.32 Å². The van der Waals surface area contributed by atoms with E-state index in [1.165, 1.54) is 0 Å². The van der Waals surface area contributed by atoms with Gasteiger partial charge in [0.25, 0.3) is 0 Å². The molecule has 4 nitrogen and oxygen atoms in total. The van der Waals surface area contributed by atoms with Crippen LogP contribution in [-0.2, 0) is 17.9 Å². The number of nitrogens with one attached hydrogen (secondary N) is 1. The van der Waals surface area contributed by atoms with E-state index in [9.17, 15) is 4.79 Å². The molecule has 2 rings (SSSR count). The van der Waals surface area contributed by atoms with Gasteiger partial charge in [-0.2, -0.15) is 0 Å². The number of amides is 1. The topological polar surface area (TPSA) is 46.9 Å². The predicted octanol–water partition coefficient (Wildman–Crippen LogP) is 1.94. The Balaban J connectivity index is 2.29. The number of terminal acetylenes is 1. The molecule has 4 heteroatoms. The molecule has 0 aliphatic heterocycles. The van der Waals surface area contributed by atoms with Crippen LogP contribution in [0.4, 0.5) is 0 Å². The van der Waals surface area contributed by atoms with Crippen LogP contribution in [0.3, 0.4) is 0 Å². The van der Waals surface area contributed by atoms with Crippen molar-refractivity contribution in [2.45, 2.75) is 26.9 Å². The smallest absolute Gasteiger partial charge is 0.222 e. The molecule has 2 aromatic rings. The van der Waals surface area contributed by atoms with Gasteiger partial charge in [0.15, 0.2) is 0 Å². The normalized spacial score (nSPS) is 10.6. The largest absolute Gasteiger partial charge is 0.349 e. The highest BCUT2D eigenvalue weighted by Crippen LogP contribution is 2.15. The third-order valence-electron chi connectivity index (χ3n) is 2.93. The molecule has 0 unspecified atom stereocenters. The van der Waals surface area contributed by atoms with Gasteiger partial charge in [-0.25, -0.2) is 4.98 Å². The zero-order valence-corrected chi connectivity index (χ0v) is 11.2. The van der Waals surface area contributed by atoms with E-state index in [1.807, 2.05) is 42.7 Å². The molecule has 0 saturated heterocycles. The fourth-order valence-electron chi connectivity index (χ4n) is 1.90. The summed E-state index contributed by atoms with van der Waals surface area (Å²) in [5.41, 5.74) is 1.89. The Hall–Kier alpha value is -2.28. The number of hydrogen-bond acceptors (Lipinski definition) is 2. The fourth-order valence-corrected chi connectivity index (χ4v) is 1.90. The highest BCUT2D eigenvalue weighted by Gasteiger charge is 2.12. The Bertz CT molecular complexity index is 634.